The first-order valence-electron chi connectivity index (χ1n) is 10.7. The van der Waals surface area contributed by atoms with Crippen LogP contribution in [0.5, 0.6) is 5.75 Å². The Bertz CT molecular complexity index is 812. The van der Waals surface area contributed by atoms with Crippen LogP contribution in [0.25, 0.3) is 0 Å². The smallest absolute Gasteiger partial charge is 0.222 e. The number of aromatic nitrogens is 2. The second-order valence-electron chi connectivity index (χ2n) is 7.41. The van der Waals surface area contributed by atoms with Crippen molar-refractivity contribution in [3.63, 3.8) is 0 Å². The summed E-state index contributed by atoms with van der Waals surface area (Å²) in [7, 11) is 3.52. The molecule has 0 fully saturated rings. The van der Waals surface area contributed by atoms with E-state index in [1.165, 1.54) is 0 Å². The first-order chi connectivity index (χ1) is 14.5. The molecule has 7 heteroatoms. The highest BCUT2D eigenvalue weighted by atomic mass is 16.5. The molecule has 2 amide bonds. The van der Waals surface area contributed by atoms with Gasteiger partial charge in [0.25, 0.3) is 0 Å². The van der Waals surface area contributed by atoms with Gasteiger partial charge >= 0.3 is 0 Å². The van der Waals surface area contributed by atoms with Crippen LogP contribution < -0.4 is 10.1 Å². The molecule has 0 saturated carbocycles. The molecule has 30 heavy (non-hydrogen) atoms. The van der Waals surface area contributed by atoms with Crippen LogP contribution in [0, 0.1) is 0 Å². The Balaban J connectivity index is 2.01. The van der Waals surface area contributed by atoms with Gasteiger partial charge in [-0.25, -0.2) is 4.98 Å². The highest BCUT2D eigenvalue weighted by Crippen LogP contribution is 2.24. The van der Waals surface area contributed by atoms with E-state index in [9.17, 15) is 9.59 Å². The summed E-state index contributed by atoms with van der Waals surface area (Å²) in [6.07, 6.45) is 6.66. The molecule has 164 valence electrons. The number of carbonyl (C=O) groups is 2. The van der Waals surface area contributed by atoms with Gasteiger partial charge in [-0.05, 0) is 37.0 Å². The number of nitrogens with zero attached hydrogens (tertiary/aromatic N) is 3. The predicted molar refractivity (Wildman–Crippen MR) is 117 cm³/mol. The van der Waals surface area contributed by atoms with Crippen LogP contribution in [-0.2, 0) is 16.6 Å². The minimum atomic E-state index is -0.389. The van der Waals surface area contributed by atoms with Gasteiger partial charge in [-0.1, -0.05) is 26.0 Å². The molecule has 1 atom stereocenters. The zero-order valence-corrected chi connectivity index (χ0v) is 18.6. The molecule has 1 aromatic heterocycles. The molecular formula is C23H34N4O3. The summed E-state index contributed by atoms with van der Waals surface area (Å²) in [6, 6.07) is 7.21. The van der Waals surface area contributed by atoms with Gasteiger partial charge in [0.15, 0.2) is 0 Å². The van der Waals surface area contributed by atoms with E-state index >= 15 is 0 Å². The highest BCUT2D eigenvalue weighted by Gasteiger charge is 2.21. The molecule has 0 bridgehead atoms. The molecule has 0 radical (unpaired) electrons. The lowest BCUT2D eigenvalue weighted by molar-refractivity contribution is -0.131. The Morgan fingerprint density at radius 1 is 1.20 bits per heavy atom. The van der Waals surface area contributed by atoms with Crippen molar-refractivity contribution in [3.8, 4) is 5.75 Å². The molecule has 0 aliphatic rings. The lowest BCUT2D eigenvalue weighted by atomic mass is 10.0. The molecule has 1 aromatic carbocycles. The van der Waals surface area contributed by atoms with Gasteiger partial charge in [0.2, 0.25) is 11.8 Å². The third-order valence-corrected chi connectivity index (χ3v) is 4.98. The van der Waals surface area contributed by atoms with Gasteiger partial charge in [0.1, 0.15) is 17.6 Å². The van der Waals surface area contributed by atoms with E-state index in [0.29, 0.717) is 19.3 Å². The Hall–Kier alpha value is -2.83. The number of nitrogens with one attached hydrogen (secondary N) is 1. The maximum atomic E-state index is 12.7. The Morgan fingerprint density at radius 2 is 1.93 bits per heavy atom. The number of hydrogen-bond acceptors (Lipinski definition) is 4. The quantitative estimate of drug-likeness (QED) is 0.577. The monoisotopic (exact) mass is 414 g/mol. The molecule has 1 N–H and O–H groups in total. The van der Waals surface area contributed by atoms with Crippen LogP contribution >= 0.6 is 0 Å². The topological polar surface area (TPSA) is 76.5 Å². The molecule has 0 saturated heterocycles. The number of imidazole rings is 1. The normalized spacial score (nSPS) is 11.7. The van der Waals surface area contributed by atoms with Crippen LogP contribution in [0.4, 0.5) is 0 Å². The van der Waals surface area contributed by atoms with Crippen molar-refractivity contribution >= 4 is 11.8 Å². The van der Waals surface area contributed by atoms with E-state index in [0.717, 1.165) is 43.1 Å². The molecule has 1 heterocycles. The lowest BCUT2D eigenvalue weighted by Gasteiger charge is -2.22. The molecule has 1 unspecified atom stereocenters. The second kappa shape index (κ2) is 12.0. The highest BCUT2D eigenvalue weighted by molar-refractivity contribution is 5.79. The van der Waals surface area contributed by atoms with Gasteiger partial charge in [-0.2, -0.15) is 0 Å². The Morgan fingerprint density at radius 3 is 2.53 bits per heavy atom. The Labute approximate surface area is 179 Å². The van der Waals surface area contributed by atoms with Crippen molar-refractivity contribution < 1.29 is 14.3 Å². The molecule has 0 aliphatic heterocycles. The van der Waals surface area contributed by atoms with E-state index < -0.39 is 0 Å². The van der Waals surface area contributed by atoms with Crippen LogP contribution in [-0.4, -0.2) is 46.5 Å². The van der Waals surface area contributed by atoms with Crippen molar-refractivity contribution in [1.29, 1.82) is 0 Å². The molecule has 0 aliphatic carbocycles. The van der Waals surface area contributed by atoms with Crippen molar-refractivity contribution in [2.75, 3.05) is 20.2 Å². The van der Waals surface area contributed by atoms with E-state index in [1.54, 1.807) is 13.3 Å². The summed E-state index contributed by atoms with van der Waals surface area (Å²) in [5, 5.41) is 3.08. The predicted octanol–water partition coefficient (Wildman–Crippen LogP) is 3.45. The number of hydrogen-bond donors (Lipinski definition) is 1. The fourth-order valence-corrected chi connectivity index (χ4v) is 3.47. The maximum absolute atomic E-state index is 12.7. The van der Waals surface area contributed by atoms with E-state index in [-0.39, 0.29) is 17.9 Å². The first kappa shape index (κ1) is 23.4. The summed E-state index contributed by atoms with van der Waals surface area (Å²) in [5.41, 5.74) is 0.894. The van der Waals surface area contributed by atoms with E-state index in [4.69, 9.17) is 4.74 Å². The summed E-state index contributed by atoms with van der Waals surface area (Å²) in [5.74, 6) is 1.49. The largest absolute Gasteiger partial charge is 0.497 e. The van der Waals surface area contributed by atoms with Crippen LogP contribution in [0.15, 0.2) is 36.7 Å². The number of carbonyl (C=O) groups excluding carboxylic acids is 2. The van der Waals surface area contributed by atoms with Crippen molar-refractivity contribution in [1.82, 2.24) is 19.8 Å². The average Bonchev–Trinajstić information content (AvgIpc) is 3.17. The average molecular weight is 415 g/mol. The zero-order valence-electron chi connectivity index (χ0n) is 18.6. The van der Waals surface area contributed by atoms with Crippen LogP contribution in [0.2, 0.25) is 0 Å². The zero-order chi connectivity index (χ0) is 21.9. The number of methoxy groups -OCH3 is 1. The maximum Gasteiger partial charge on any atom is 0.222 e. The van der Waals surface area contributed by atoms with Gasteiger partial charge in [-0.3, -0.25) is 9.59 Å². The summed E-state index contributed by atoms with van der Waals surface area (Å²) in [4.78, 5) is 31.4. The molecular weight excluding hydrogens is 380 g/mol. The van der Waals surface area contributed by atoms with Crippen molar-refractivity contribution in [2.45, 2.75) is 52.0 Å². The number of amides is 2. The second-order valence-corrected chi connectivity index (χ2v) is 7.41. The van der Waals surface area contributed by atoms with Crippen molar-refractivity contribution in [3.05, 3.63) is 48.0 Å². The van der Waals surface area contributed by atoms with Crippen LogP contribution in [0.3, 0.4) is 0 Å². The molecule has 7 nitrogen and oxygen atoms in total. The minimum absolute atomic E-state index is 0.101. The summed E-state index contributed by atoms with van der Waals surface area (Å²) >= 11 is 0. The number of ether oxygens (including phenoxy) is 1. The van der Waals surface area contributed by atoms with E-state index in [2.05, 4.69) is 24.1 Å². The molecule has 2 aromatic rings. The fourth-order valence-electron chi connectivity index (χ4n) is 3.47. The third kappa shape index (κ3) is 6.61. The minimum Gasteiger partial charge on any atom is -0.497 e. The SMILES string of the molecule is CCCN(CCC)C(=O)CCCC(=O)NC(c1cccc(OC)c1)c1nccn1C. The van der Waals surface area contributed by atoms with E-state index in [1.807, 2.05) is 47.0 Å². The van der Waals surface area contributed by atoms with Crippen molar-refractivity contribution in [2.24, 2.45) is 7.05 Å². The Kier molecular flexibility index (Phi) is 9.38. The fraction of sp³-hybridized carbons (Fsp3) is 0.522. The third-order valence-electron chi connectivity index (χ3n) is 4.98. The van der Waals surface area contributed by atoms with Gasteiger partial charge in [-0.15, -0.1) is 0 Å². The standard InChI is InChI=1S/C23H34N4O3/c1-5-14-27(15-6-2)21(29)12-8-11-20(28)25-22(23-24-13-16-26(23)3)18-9-7-10-19(17-18)30-4/h7,9-10,13,16-17,22H,5-6,8,11-12,14-15H2,1-4H3,(H,25,28). The molecule has 0 spiro atoms. The number of rotatable bonds is 12. The lowest BCUT2D eigenvalue weighted by Crippen LogP contribution is -2.33. The number of aryl methyl sites for hydroxylation is 1. The van der Waals surface area contributed by atoms with Gasteiger partial charge < -0.3 is 19.5 Å². The van der Waals surface area contributed by atoms with Gasteiger partial charge in [0.05, 0.1) is 7.11 Å². The number of benzene rings is 1. The van der Waals surface area contributed by atoms with Gasteiger partial charge in [0, 0.05) is 45.4 Å². The summed E-state index contributed by atoms with van der Waals surface area (Å²) < 4.78 is 7.22. The first-order valence-corrected chi connectivity index (χ1v) is 10.7. The summed E-state index contributed by atoms with van der Waals surface area (Å²) in [6.45, 7) is 5.69. The van der Waals surface area contributed by atoms with Crippen LogP contribution in [0.1, 0.15) is 63.4 Å². The molecule has 2 rings (SSSR count).